The summed E-state index contributed by atoms with van der Waals surface area (Å²) in [6, 6.07) is 37.1. The highest BCUT2D eigenvalue weighted by molar-refractivity contribution is 6.60. The number of anilines is 1. The number of rotatable bonds is 6. The molecule has 0 amide bonds. The number of para-hydroxylation sites is 1. The lowest BCUT2D eigenvalue weighted by Crippen LogP contribution is -2.38. The highest BCUT2D eigenvalue weighted by Gasteiger charge is 2.25. The fourth-order valence-electron chi connectivity index (χ4n) is 4.76. The van der Waals surface area contributed by atoms with Gasteiger partial charge in [-0.1, -0.05) is 97.1 Å². The maximum Gasteiger partial charge on any atom is 0.490 e. The van der Waals surface area contributed by atoms with E-state index in [0.29, 0.717) is 12.0 Å². The van der Waals surface area contributed by atoms with E-state index < -0.39 is 7.12 Å². The molecule has 0 spiro atoms. The lowest BCUT2D eigenvalue weighted by molar-refractivity contribution is 0.425. The predicted molar refractivity (Wildman–Crippen MR) is 139 cm³/mol. The molecule has 3 nitrogen and oxygen atoms in total. The minimum Gasteiger partial charge on any atom is -0.423 e. The third-order valence-electron chi connectivity index (χ3n) is 6.49. The van der Waals surface area contributed by atoms with Gasteiger partial charge in [0, 0.05) is 17.7 Å². The van der Waals surface area contributed by atoms with Crippen LogP contribution >= 0.6 is 0 Å². The summed E-state index contributed by atoms with van der Waals surface area (Å²) in [7, 11) is -1.55. The fourth-order valence-corrected chi connectivity index (χ4v) is 4.76. The van der Waals surface area contributed by atoms with Gasteiger partial charge in [-0.3, -0.25) is 0 Å². The van der Waals surface area contributed by atoms with Crippen molar-refractivity contribution in [1.29, 1.82) is 0 Å². The zero-order valence-corrected chi connectivity index (χ0v) is 18.6. The Morgan fingerprint density at radius 2 is 1.24 bits per heavy atom. The third-order valence-corrected chi connectivity index (χ3v) is 6.49. The van der Waals surface area contributed by atoms with Crippen LogP contribution in [0.3, 0.4) is 0 Å². The molecule has 0 aromatic heterocycles. The number of nitrogens with zero attached hydrogens (tertiary/aromatic N) is 1. The van der Waals surface area contributed by atoms with E-state index in [4.69, 9.17) is 0 Å². The lowest BCUT2D eigenvalue weighted by atomic mass is 9.78. The predicted octanol–water partition coefficient (Wildman–Crippen LogP) is 5.44. The second kappa shape index (κ2) is 9.10. The van der Waals surface area contributed by atoms with Crippen molar-refractivity contribution in [3.8, 4) is 0 Å². The van der Waals surface area contributed by atoms with Gasteiger partial charge in [-0.15, -0.1) is 0 Å². The molecule has 4 heteroatoms. The highest BCUT2D eigenvalue weighted by Crippen LogP contribution is 2.34. The van der Waals surface area contributed by atoms with Gasteiger partial charge >= 0.3 is 7.12 Å². The minimum absolute atomic E-state index is 0.0174. The zero-order chi connectivity index (χ0) is 22.8. The van der Waals surface area contributed by atoms with E-state index in [1.165, 1.54) is 32.7 Å². The van der Waals surface area contributed by atoms with Gasteiger partial charge in [0.2, 0.25) is 0 Å². The number of hydrogen-bond donors (Lipinski definition) is 2. The van der Waals surface area contributed by atoms with E-state index in [-0.39, 0.29) is 6.04 Å². The van der Waals surface area contributed by atoms with Crippen LogP contribution in [0, 0.1) is 0 Å². The van der Waals surface area contributed by atoms with Crippen molar-refractivity contribution in [2.45, 2.75) is 19.5 Å². The Morgan fingerprint density at radius 1 is 0.697 bits per heavy atom. The largest absolute Gasteiger partial charge is 0.490 e. The molecule has 0 saturated heterocycles. The van der Waals surface area contributed by atoms with E-state index in [2.05, 4.69) is 78.6 Å². The van der Waals surface area contributed by atoms with E-state index in [0.717, 1.165) is 5.69 Å². The Hall–Kier alpha value is -3.60. The molecule has 5 aromatic rings. The van der Waals surface area contributed by atoms with Crippen molar-refractivity contribution in [2.24, 2.45) is 0 Å². The average molecular weight is 431 g/mol. The van der Waals surface area contributed by atoms with Gasteiger partial charge in [0.05, 0.1) is 6.04 Å². The van der Waals surface area contributed by atoms with Crippen LogP contribution in [-0.2, 0) is 6.54 Å². The van der Waals surface area contributed by atoms with Crippen LogP contribution in [0.5, 0.6) is 0 Å². The number of fused-ring (bicyclic) bond motifs is 2. The second-order valence-corrected chi connectivity index (χ2v) is 8.44. The van der Waals surface area contributed by atoms with Crippen LogP contribution in [0.15, 0.2) is 109 Å². The third kappa shape index (κ3) is 4.11. The molecule has 0 aliphatic heterocycles. The van der Waals surface area contributed by atoms with Crippen LogP contribution < -0.4 is 10.4 Å². The average Bonchev–Trinajstić information content (AvgIpc) is 2.86. The van der Waals surface area contributed by atoms with Gasteiger partial charge < -0.3 is 14.9 Å². The van der Waals surface area contributed by atoms with E-state index >= 15 is 0 Å². The van der Waals surface area contributed by atoms with Gasteiger partial charge in [0.15, 0.2) is 0 Å². The summed E-state index contributed by atoms with van der Waals surface area (Å²) in [5.74, 6) is 0. The Kier molecular flexibility index (Phi) is 5.87. The molecular weight excluding hydrogens is 405 g/mol. The molecule has 0 bridgehead atoms. The van der Waals surface area contributed by atoms with Gasteiger partial charge in [-0.05, 0) is 51.7 Å². The van der Waals surface area contributed by atoms with Crippen LogP contribution in [-0.4, -0.2) is 17.2 Å². The van der Waals surface area contributed by atoms with E-state index in [9.17, 15) is 10.0 Å². The SMILES string of the molecule is CC(c1ccccc1)N(Cc1c2ccccc2cc2ccccc12)c1ccccc1B(O)O. The summed E-state index contributed by atoms with van der Waals surface area (Å²) in [5.41, 5.74) is 3.73. The molecule has 0 heterocycles. The van der Waals surface area contributed by atoms with Gasteiger partial charge in [0.1, 0.15) is 0 Å². The Labute approximate surface area is 194 Å². The lowest BCUT2D eigenvalue weighted by Gasteiger charge is -2.34. The molecule has 1 atom stereocenters. The summed E-state index contributed by atoms with van der Waals surface area (Å²) in [4.78, 5) is 2.28. The summed E-state index contributed by atoms with van der Waals surface area (Å²) >= 11 is 0. The minimum atomic E-state index is -1.55. The first-order valence-corrected chi connectivity index (χ1v) is 11.3. The first kappa shape index (κ1) is 21.3. The van der Waals surface area contributed by atoms with Gasteiger partial charge in [0.25, 0.3) is 0 Å². The molecule has 0 fully saturated rings. The van der Waals surface area contributed by atoms with Crippen molar-refractivity contribution < 1.29 is 10.0 Å². The molecule has 2 N–H and O–H groups in total. The van der Waals surface area contributed by atoms with Crippen LogP contribution in [0.2, 0.25) is 0 Å². The van der Waals surface area contributed by atoms with Crippen molar-refractivity contribution >= 4 is 39.8 Å². The summed E-state index contributed by atoms with van der Waals surface area (Å²) in [6.07, 6.45) is 0. The second-order valence-electron chi connectivity index (χ2n) is 8.44. The summed E-state index contributed by atoms with van der Waals surface area (Å²) < 4.78 is 0. The van der Waals surface area contributed by atoms with Crippen LogP contribution in [0.1, 0.15) is 24.1 Å². The fraction of sp³-hybridized carbons (Fsp3) is 0.103. The smallest absolute Gasteiger partial charge is 0.423 e. The van der Waals surface area contributed by atoms with E-state index in [1.54, 1.807) is 6.07 Å². The molecule has 0 saturated carbocycles. The maximum atomic E-state index is 10.1. The molecule has 5 rings (SSSR count). The van der Waals surface area contributed by atoms with Crippen molar-refractivity contribution in [3.05, 3.63) is 120 Å². The highest BCUT2D eigenvalue weighted by atomic mass is 16.4. The molecule has 162 valence electrons. The van der Waals surface area contributed by atoms with Crippen LogP contribution in [0.25, 0.3) is 21.5 Å². The molecule has 33 heavy (non-hydrogen) atoms. The van der Waals surface area contributed by atoms with Crippen molar-refractivity contribution in [3.63, 3.8) is 0 Å². The quantitative estimate of drug-likeness (QED) is 0.278. The Morgan fingerprint density at radius 3 is 1.88 bits per heavy atom. The standard InChI is InChI=1S/C29H26BNO2/c1-21(22-11-3-2-4-12-22)31(29-18-10-9-17-28(29)30(32)33)20-27-25-15-7-5-13-23(25)19-24-14-6-8-16-26(24)27/h2-19,21,32-33H,20H2,1H3. The zero-order valence-electron chi connectivity index (χ0n) is 18.6. The summed E-state index contributed by atoms with van der Waals surface area (Å²) in [6.45, 7) is 2.80. The molecule has 0 aliphatic rings. The first-order chi connectivity index (χ1) is 16.1. The number of hydrogen-bond acceptors (Lipinski definition) is 3. The molecule has 0 radical (unpaired) electrons. The normalized spacial score (nSPS) is 12.1. The first-order valence-electron chi connectivity index (χ1n) is 11.3. The molecule has 1 unspecified atom stereocenters. The Bertz CT molecular complexity index is 1350. The van der Waals surface area contributed by atoms with Gasteiger partial charge in [-0.2, -0.15) is 0 Å². The van der Waals surface area contributed by atoms with Crippen LogP contribution in [0.4, 0.5) is 5.69 Å². The van der Waals surface area contributed by atoms with Gasteiger partial charge in [-0.25, -0.2) is 0 Å². The molecular formula is C29H26BNO2. The summed E-state index contributed by atoms with van der Waals surface area (Å²) in [5, 5.41) is 25.1. The van der Waals surface area contributed by atoms with Crippen molar-refractivity contribution in [2.75, 3.05) is 4.90 Å². The van der Waals surface area contributed by atoms with Crippen molar-refractivity contribution in [1.82, 2.24) is 0 Å². The maximum absolute atomic E-state index is 10.1. The molecule has 5 aromatic carbocycles. The topological polar surface area (TPSA) is 43.7 Å². The monoisotopic (exact) mass is 431 g/mol. The van der Waals surface area contributed by atoms with E-state index in [1.807, 2.05) is 36.4 Å². The molecule has 0 aliphatic carbocycles. The Balaban J connectivity index is 1.73. The number of benzene rings is 5.